The maximum atomic E-state index is 11.8. The predicted octanol–water partition coefficient (Wildman–Crippen LogP) is 5.23. The van der Waals surface area contributed by atoms with E-state index in [0.29, 0.717) is 19.4 Å². The first-order chi connectivity index (χ1) is 10.9. The minimum absolute atomic E-state index is 0.113. The van der Waals surface area contributed by atoms with Gasteiger partial charge in [-0.25, -0.2) is 0 Å². The molecule has 0 heterocycles. The highest BCUT2D eigenvalue weighted by molar-refractivity contribution is 5.69. The number of hydrogen-bond donors (Lipinski definition) is 0. The normalized spacial score (nSPS) is 16.4. The van der Waals surface area contributed by atoms with Crippen molar-refractivity contribution >= 4 is 5.97 Å². The monoisotopic (exact) mass is 320 g/mol. The minimum Gasteiger partial charge on any atom is -0.459 e. The Balaban J connectivity index is 2.63. The Morgan fingerprint density at radius 2 is 1.70 bits per heavy atom. The number of benzene rings is 1. The molecule has 0 saturated carbocycles. The van der Waals surface area contributed by atoms with E-state index in [1.807, 2.05) is 32.0 Å². The largest absolute Gasteiger partial charge is 0.459 e. The Hall–Kier alpha value is -1.35. The summed E-state index contributed by atoms with van der Waals surface area (Å²) in [5.41, 5.74) is 0.435. The zero-order chi connectivity index (χ0) is 17.3. The van der Waals surface area contributed by atoms with Crippen molar-refractivity contribution in [2.75, 3.05) is 6.61 Å². The highest BCUT2D eigenvalue weighted by atomic mass is 16.6. The zero-order valence-corrected chi connectivity index (χ0v) is 15.4. The van der Waals surface area contributed by atoms with Crippen LogP contribution in [0.5, 0.6) is 0 Å². The second-order valence-electron chi connectivity index (χ2n) is 6.58. The Morgan fingerprint density at radius 1 is 1.04 bits per heavy atom. The van der Waals surface area contributed by atoms with Gasteiger partial charge in [-0.15, -0.1) is 0 Å². The lowest BCUT2D eigenvalue weighted by atomic mass is 9.92. The number of ether oxygens (including phenoxy) is 2. The molecule has 23 heavy (non-hydrogen) atoms. The molecule has 130 valence electrons. The summed E-state index contributed by atoms with van der Waals surface area (Å²) in [7, 11) is 0. The Labute approximate surface area is 141 Å². The lowest BCUT2D eigenvalue weighted by Gasteiger charge is -2.33. The minimum atomic E-state index is -0.447. The van der Waals surface area contributed by atoms with Crippen LogP contribution in [0.3, 0.4) is 0 Å². The highest BCUT2D eigenvalue weighted by Crippen LogP contribution is 2.30. The predicted molar refractivity (Wildman–Crippen MR) is 94.4 cm³/mol. The standard InChI is InChI=1S/C20H32O3/c1-6-12-18(21)23-19(4,7-2)15-16-22-20(5,8-3)17-13-10-9-11-14-17/h9-11,13-14H,6-8,12,15-16H2,1-5H3. The highest BCUT2D eigenvalue weighted by Gasteiger charge is 2.30. The maximum absolute atomic E-state index is 11.8. The Morgan fingerprint density at radius 3 is 2.22 bits per heavy atom. The van der Waals surface area contributed by atoms with E-state index in [9.17, 15) is 4.79 Å². The Kier molecular flexibility index (Phi) is 7.77. The van der Waals surface area contributed by atoms with Gasteiger partial charge < -0.3 is 9.47 Å². The van der Waals surface area contributed by atoms with Crippen LogP contribution in [0.2, 0.25) is 0 Å². The van der Waals surface area contributed by atoms with Crippen LogP contribution in [-0.4, -0.2) is 18.2 Å². The van der Waals surface area contributed by atoms with Gasteiger partial charge in [0.1, 0.15) is 5.60 Å². The van der Waals surface area contributed by atoms with Gasteiger partial charge in [0, 0.05) is 12.8 Å². The smallest absolute Gasteiger partial charge is 0.306 e. The van der Waals surface area contributed by atoms with Gasteiger partial charge in [-0.3, -0.25) is 4.79 Å². The second kappa shape index (κ2) is 9.07. The molecule has 1 aromatic carbocycles. The number of rotatable bonds is 10. The van der Waals surface area contributed by atoms with Gasteiger partial charge in [-0.05, 0) is 38.7 Å². The van der Waals surface area contributed by atoms with Gasteiger partial charge in [0.25, 0.3) is 0 Å². The van der Waals surface area contributed by atoms with Gasteiger partial charge in [-0.1, -0.05) is 51.1 Å². The zero-order valence-electron chi connectivity index (χ0n) is 15.4. The molecule has 0 amide bonds. The fourth-order valence-corrected chi connectivity index (χ4v) is 2.50. The summed E-state index contributed by atoms with van der Waals surface area (Å²) in [5.74, 6) is -0.113. The summed E-state index contributed by atoms with van der Waals surface area (Å²) >= 11 is 0. The summed E-state index contributed by atoms with van der Waals surface area (Å²) in [6, 6.07) is 10.3. The van der Waals surface area contributed by atoms with E-state index in [0.717, 1.165) is 19.3 Å². The van der Waals surface area contributed by atoms with E-state index in [1.165, 1.54) is 5.56 Å². The quantitative estimate of drug-likeness (QED) is 0.554. The molecule has 0 radical (unpaired) electrons. The number of esters is 1. The Bertz CT molecular complexity index is 471. The summed E-state index contributed by atoms with van der Waals surface area (Å²) in [6.45, 7) is 10.9. The van der Waals surface area contributed by atoms with Crippen LogP contribution >= 0.6 is 0 Å². The van der Waals surface area contributed by atoms with Crippen molar-refractivity contribution in [2.24, 2.45) is 0 Å². The third kappa shape index (κ3) is 5.98. The lowest BCUT2D eigenvalue weighted by molar-refractivity contribution is -0.162. The summed E-state index contributed by atoms with van der Waals surface area (Å²) in [4.78, 5) is 11.8. The molecule has 0 fully saturated rings. The SMILES string of the molecule is CCCC(=O)OC(C)(CC)CCOC(C)(CC)c1ccccc1. The molecule has 0 N–H and O–H groups in total. The first kappa shape index (κ1) is 19.7. The van der Waals surface area contributed by atoms with E-state index >= 15 is 0 Å². The van der Waals surface area contributed by atoms with Crippen LogP contribution in [0, 0.1) is 0 Å². The van der Waals surface area contributed by atoms with E-state index in [2.05, 4.69) is 32.9 Å². The molecule has 2 unspecified atom stereocenters. The molecule has 0 aliphatic carbocycles. The van der Waals surface area contributed by atoms with Gasteiger partial charge in [0.15, 0.2) is 0 Å². The molecule has 1 aromatic rings. The first-order valence-electron chi connectivity index (χ1n) is 8.80. The van der Waals surface area contributed by atoms with Crippen LogP contribution in [0.15, 0.2) is 30.3 Å². The van der Waals surface area contributed by atoms with Crippen molar-refractivity contribution in [3.8, 4) is 0 Å². The van der Waals surface area contributed by atoms with Crippen molar-refractivity contribution in [2.45, 2.75) is 77.9 Å². The number of hydrogen-bond acceptors (Lipinski definition) is 3. The molecule has 2 atom stereocenters. The van der Waals surface area contributed by atoms with Crippen molar-refractivity contribution < 1.29 is 14.3 Å². The molecular formula is C20H32O3. The molecular weight excluding hydrogens is 288 g/mol. The van der Waals surface area contributed by atoms with E-state index < -0.39 is 5.60 Å². The number of carbonyl (C=O) groups excluding carboxylic acids is 1. The fourth-order valence-electron chi connectivity index (χ4n) is 2.50. The molecule has 0 bridgehead atoms. The van der Waals surface area contributed by atoms with Crippen molar-refractivity contribution in [3.05, 3.63) is 35.9 Å². The van der Waals surface area contributed by atoms with Crippen LogP contribution in [0.1, 0.15) is 72.3 Å². The second-order valence-corrected chi connectivity index (χ2v) is 6.58. The van der Waals surface area contributed by atoms with Gasteiger partial charge >= 0.3 is 5.97 Å². The number of carbonyl (C=O) groups is 1. The molecule has 1 rings (SSSR count). The molecule has 3 heteroatoms. The molecule has 0 aromatic heterocycles. The van der Waals surface area contributed by atoms with Crippen LogP contribution in [0.4, 0.5) is 0 Å². The van der Waals surface area contributed by atoms with Gasteiger partial charge in [0.2, 0.25) is 0 Å². The first-order valence-corrected chi connectivity index (χ1v) is 8.80. The van der Waals surface area contributed by atoms with Gasteiger partial charge in [0.05, 0.1) is 12.2 Å². The fraction of sp³-hybridized carbons (Fsp3) is 0.650. The summed E-state index contributed by atoms with van der Waals surface area (Å²) in [6.07, 6.45) is 3.70. The average Bonchev–Trinajstić information content (AvgIpc) is 2.55. The van der Waals surface area contributed by atoms with E-state index in [4.69, 9.17) is 9.47 Å². The van der Waals surface area contributed by atoms with Crippen molar-refractivity contribution in [1.29, 1.82) is 0 Å². The molecule has 0 saturated heterocycles. The molecule has 3 nitrogen and oxygen atoms in total. The average molecular weight is 320 g/mol. The third-order valence-corrected chi connectivity index (χ3v) is 4.67. The molecule has 0 spiro atoms. The van der Waals surface area contributed by atoms with Crippen LogP contribution in [-0.2, 0) is 19.9 Å². The summed E-state index contributed by atoms with van der Waals surface area (Å²) < 4.78 is 11.9. The summed E-state index contributed by atoms with van der Waals surface area (Å²) in [5, 5.41) is 0. The van der Waals surface area contributed by atoms with Crippen molar-refractivity contribution in [3.63, 3.8) is 0 Å². The van der Waals surface area contributed by atoms with Gasteiger partial charge in [-0.2, -0.15) is 0 Å². The van der Waals surface area contributed by atoms with E-state index in [1.54, 1.807) is 0 Å². The van der Waals surface area contributed by atoms with Crippen LogP contribution < -0.4 is 0 Å². The van der Waals surface area contributed by atoms with E-state index in [-0.39, 0.29) is 11.6 Å². The lowest BCUT2D eigenvalue weighted by Crippen LogP contribution is -2.34. The van der Waals surface area contributed by atoms with Crippen LogP contribution in [0.25, 0.3) is 0 Å². The van der Waals surface area contributed by atoms with Crippen molar-refractivity contribution in [1.82, 2.24) is 0 Å². The third-order valence-electron chi connectivity index (χ3n) is 4.67. The molecule has 0 aliphatic heterocycles. The maximum Gasteiger partial charge on any atom is 0.306 e. The topological polar surface area (TPSA) is 35.5 Å². The molecule has 0 aliphatic rings.